The van der Waals surface area contributed by atoms with Crippen molar-refractivity contribution < 1.29 is 9.59 Å². The van der Waals surface area contributed by atoms with Crippen molar-refractivity contribution in [3.8, 4) is 0 Å². The summed E-state index contributed by atoms with van der Waals surface area (Å²) in [6.45, 7) is 7.88. The van der Waals surface area contributed by atoms with E-state index >= 15 is 0 Å². The van der Waals surface area contributed by atoms with Crippen LogP contribution in [-0.2, 0) is 6.54 Å². The van der Waals surface area contributed by atoms with Gasteiger partial charge in [0, 0.05) is 43.2 Å². The molecule has 144 valence electrons. The normalized spacial score (nSPS) is 15.2. The van der Waals surface area contributed by atoms with E-state index in [9.17, 15) is 9.59 Å². The van der Waals surface area contributed by atoms with Gasteiger partial charge in [-0.1, -0.05) is 0 Å². The highest BCUT2D eigenvalue weighted by Crippen LogP contribution is 2.21. The number of rotatable bonds is 5. The van der Waals surface area contributed by atoms with Crippen LogP contribution in [0.5, 0.6) is 0 Å². The molecule has 2 aromatic rings. The van der Waals surface area contributed by atoms with Gasteiger partial charge >= 0.3 is 12.1 Å². The summed E-state index contributed by atoms with van der Waals surface area (Å²) in [4.78, 5) is 27.7. The maximum atomic E-state index is 12.2. The largest absolute Gasteiger partial charge is 0.334 e. The zero-order valence-electron chi connectivity index (χ0n) is 16.2. The molecule has 1 fully saturated rings. The number of benzene rings is 1. The molecule has 2 N–H and O–H groups in total. The Labute approximate surface area is 159 Å². The van der Waals surface area contributed by atoms with Crippen LogP contribution in [0.3, 0.4) is 0 Å². The molecule has 1 aliphatic rings. The number of carbonyl (C=O) groups is 2. The lowest BCUT2D eigenvalue weighted by molar-refractivity contribution is 0.229. The zero-order valence-corrected chi connectivity index (χ0v) is 16.2. The molecule has 1 aromatic heterocycles. The molecule has 4 amide bonds. The Balaban J connectivity index is 1.53. The maximum Gasteiger partial charge on any atom is 0.324 e. The molecule has 1 saturated heterocycles. The van der Waals surface area contributed by atoms with E-state index in [-0.39, 0.29) is 18.1 Å². The topological polar surface area (TPSA) is 82.5 Å². The molecule has 8 heteroatoms. The Morgan fingerprint density at radius 3 is 2.48 bits per heavy atom. The molecule has 0 unspecified atom stereocenters. The van der Waals surface area contributed by atoms with Crippen molar-refractivity contribution in [1.82, 2.24) is 20.0 Å². The minimum absolute atomic E-state index is 0.00794. The molecule has 1 aliphatic heterocycles. The average Bonchev–Trinajstić information content (AvgIpc) is 3.10. The number of nitrogens with one attached hydrogen (secondary N) is 2. The SMILES string of the molecule is Cc1cc(C)n(C[C@H](C)NC(=O)Nc2ccc(N3CCN(C)C3=O)cc2)n1. The first-order valence-corrected chi connectivity index (χ1v) is 9.05. The van der Waals surface area contributed by atoms with E-state index in [0.29, 0.717) is 25.3 Å². The first kappa shape index (κ1) is 18.8. The molecule has 0 bridgehead atoms. The van der Waals surface area contributed by atoms with Crippen molar-refractivity contribution >= 4 is 23.4 Å². The molecule has 0 saturated carbocycles. The number of carbonyl (C=O) groups excluding carboxylic acids is 2. The third-order valence-electron chi connectivity index (χ3n) is 4.58. The van der Waals surface area contributed by atoms with Gasteiger partial charge in [0.2, 0.25) is 0 Å². The fourth-order valence-corrected chi connectivity index (χ4v) is 3.17. The van der Waals surface area contributed by atoms with Crippen LogP contribution in [0, 0.1) is 13.8 Å². The van der Waals surface area contributed by atoms with E-state index in [1.54, 1.807) is 29.0 Å². The van der Waals surface area contributed by atoms with E-state index in [4.69, 9.17) is 0 Å². The van der Waals surface area contributed by atoms with Crippen molar-refractivity contribution in [1.29, 1.82) is 0 Å². The van der Waals surface area contributed by atoms with E-state index in [0.717, 1.165) is 17.1 Å². The predicted octanol–water partition coefficient (Wildman–Crippen LogP) is 2.58. The van der Waals surface area contributed by atoms with Crippen LogP contribution in [0.4, 0.5) is 21.0 Å². The number of likely N-dealkylation sites (N-methyl/N-ethyl adjacent to an activating group) is 1. The Kier molecular flexibility index (Phi) is 5.34. The minimum Gasteiger partial charge on any atom is -0.334 e. The summed E-state index contributed by atoms with van der Waals surface area (Å²) in [6.07, 6.45) is 0. The Hall–Kier alpha value is -3.03. The fraction of sp³-hybridized carbons (Fsp3) is 0.421. The zero-order chi connectivity index (χ0) is 19.6. The minimum atomic E-state index is -0.270. The number of aromatic nitrogens is 2. The Morgan fingerprint density at radius 2 is 1.93 bits per heavy atom. The maximum absolute atomic E-state index is 12.2. The molecule has 2 heterocycles. The second kappa shape index (κ2) is 7.69. The average molecular weight is 370 g/mol. The molecule has 0 spiro atoms. The summed E-state index contributed by atoms with van der Waals surface area (Å²) < 4.78 is 1.89. The van der Waals surface area contributed by atoms with Crippen molar-refractivity contribution in [2.75, 3.05) is 30.4 Å². The third-order valence-corrected chi connectivity index (χ3v) is 4.58. The highest BCUT2D eigenvalue weighted by molar-refractivity contribution is 5.94. The van der Waals surface area contributed by atoms with Gasteiger partial charge in [-0.25, -0.2) is 9.59 Å². The molecular formula is C19H26N6O2. The summed E-state index contributed by atoms with van der Waals surface area (Å²) in [5.74, 6) is 0. The number of hydrogen-bond acceptors (Lipinski definition) is 3. The van der Waals surface area contributed by atoms with Gasteiger partial charge in [-0.3, -0.25) is 9.58 Å². The van der Waals surface area contributed by atoms with Crippen LogP contribution >= 0.6 is 0 Å². The van der Waals surface area contributed by atoms with Gasteiger partial charge < -0.3 is 15.5 Å². The number of nitrogens with zero attached hydrogens (tertiary/aromatic N) is 4. The van der Waals surface area contributed by atoms with Crippen LogP contribution in [0.25, 0.3) is 0 Å². The number of anilines is 2. The fourth-order valence-electron chi connectivity index (χ4n) is 3.17. The molecular weight excluding hydrogens is 344 g/mol. The van der Waals surface area contributed by atoms with Crippen molar-refractivity contribution in [3.05, 3.63) is 41.7 Å². The van der Waals surface area contributed by atoms with Gasteiger partial charge in [0.15, 0.2) is 0 Å². The highest BCUT2D eigenvalue weighted by Gasteiger charge is 2.26. The van der Waals surface area contributed by atoms with Crippen LogP contribution < -0.4 is 15.5 Å². The molecule has 0 aliphatic carbocycles. The Morgan fingerprint density at radius 1 is 1.22 bits per heavy atom. The second-order valence-corrected chi connectivity index (χ2v) is 7.01. The van der Waals surface area contributed by atoms with Crippen LogP contribution in [0.2, 0.25) is 0 Å². The Bertz CT molecular complexity index is 829. The lowest BCUT2D eigenvalue weighted by atomic mass is 10.2. The van der Waals surface area contributed by atoms with Crippen molar-refractivity contribution in [2.24, 2.45) is 0 Å². The number of urea groups is 2. The van der Waals surface area contributed by atoms with Gasteiger partial charge in [0.1, 0.15) is 0 Å². The first-order chi connectivity index (χ1) is 12.8. The first-order valence-electron chi connectivity index (χ1n) is 9.05. The third kappa shape index (κ3) is 4.39. The summed E-state index contributed by atoms with van der Waals surface area (Å²) in [7, 11) is 1.79. The van der Waals surface area contributed by atoms with Crippen LogP contribution in [0.15, 0.2) is 30.3 Å². The standard InChI is InChI=1S/C19H26N6O2/c1-13-11-15(3)25(22-13)12-14(2)20-18(26)21-16-5-7-17(8-6-16)24-10-9-23(4)19(24)27/h5-8,11,14H,9-10,12H2,1-4H3,(H2,20,21,26)/t14-/m0/s1. The molecule has 1 aromatic carbocycles. The summed E-state index contributed by atoms with van der Waals surface area (Å²) in [6, 6.07) is 8.94. The lowest BCUT2D eigenvalue weighted by Gasteiger charge is -2.17. The molecule has 8 nitrogen and oxygen atoms in total. The molecule has 27 heavy (non-hydrogen) atoms. The van der Waals surface area contributed by atoms with Gasteiger partial charge in [-0.15, -0.1) is 0 Å². The summed E-state index contributed by atoms with van der Waals surface area (Å²) in [5, 5.41) is 10.1. The molecule has 0 radical (unpaired) electrons. The van der Waals surface area contributed by atoms with Gasteiger partial charge in [0.25, 0.3) is 0 Å². The monoisotopic (exact) mass is 370 g/mol. The van der Waals surface area contributed by atoms with E-state index in [2.05, 4.69) is 15.7 Å². The number of hydrogen-bond donors (Lipinski definition) is 2. The molecule has 3 rings (SSSR count). The smallest absolute Gasteiger partial charge is 0.324 e. The van der Waals surface area contributed by atoms with E-state index in [1.165, 1.54) is 0 Å². The highest BCUT2D eigenvalue weighted by atomic mass is 16.2. The van der Waals surface area contributed by atoms with Crippen LogP contribution in [0.1, 0.15) is 18.3 Å². The van der Waals surface area contributed by atoms with E-state index < -0.39 is 0 Å². The predicted molar refractivity (Wildman–Crippen MR) is 105 cm³/mol. The van der Waals surface area contributed by atoms with Crippen molar-refractivity contribution in [3.63, 3.8) is 0 Å². The van der Waals surface area contributed by atoms with Gasteiger partial charge in [-0.05, 0) is 51.1 Å². The van der Waals surface area contributed by atoms with Crippen molar-refractivity contribution in [2.45, 2.75) is 33.4 Å². The molecule has 1 atom stereocenters. The summed E-state index contributed by atoms with van der Waals surface area (Å²) in [5.41, 5.74) is 3.54. The number of aryl methyl sites for hydroxylation is 2. The second-order valence-electron chi connectivity index (χ2n) is 7.01. The van der Waals surface area contributed by atoms with E-state index in [1.807, 2.05) is 43.7 Å². The van der Waals surface area contributed by atoms with Gasteiger partial charge in [-0.2, -0.15) is 5.10 Å². The number of amides is 4. The van der Waals surface area contributed by atoms with Gasteiger partial charge in [0.05, 0.1) is 12.2 Å². The van der Waals surface area contributed by atoms with Crippen LogP contribution in [-0.4, -0.2) is 52.9 Å². The lowest BCUT2D eigenvalue weighted by Crippen LogP contribution is -2.39. The summed E-state index contributed by atoms with van der Waals surface area (Å²) >= 11 is 0. The quantitative estimate of drug-likeness (QED) is 0.849.